The Kier molecular flexibility index (Phi) is 5.92. The fourth-order valence-corrected chi connectivity index (χ4v) is 3.63. The van der Waals surface area contributed by atoms with Crippen LogP contribution in [0.2, 0.25) is 0 Å². The summed E-state index contributed by atoms with van der Waals surface area (Å²) in [6, 6.07) is 2.11. The molecule has 1 aromatic rings. The molecule has 0 radical (unpaired) electrons. The van der Waals surface area contributed by atoms with E-state index in [-0.39, 0.29) is 0 Å². The van der Waals surface area contributed by atoms with Gasteiger partial charge in [0.1, 0.15) is 0 Å². The zero-order valence-electron chi connectivity index (χ0n) is 13.8. The molecule has 2 rings (SSSR count). The van der Waals surface area contributed by atoms with Crippen molar-refractivity contribution in [2.24, 2.45) is 12.0 Å². The Morgan fingerprint density at radius 1 is 1.45 bits per heavy atom. The minimum atomic E-state index is -0.580. The zero-order chi connectivity index (χ0) is 16.2. The predicted molar refractivity (Wildman–Crippen MR) is 94.0 cm³/mol. The first-order valence-electron chi connectivity index (χ1n) is 7.88. The lowest BCUT2D eigenvalue weighted by Crippen LogP contribution is -2.48. The highest BCUT2D eigenvalue weighted by Crippen LogP contribution is 2.27. The number of aliphatic hydroxyl groups is 1. The third-order valence-electron chi connectivity index (χ3n) is 4.41. The summed E-state index contributed by atoms with van der Waals surface area (Å²) in [6.07, 6.45) is 7.27. The zero-order valence-corrected chi connectivity index (χ0v) is 15.4. The Labute approximate surface area is 141 Å². The molecule has 1 aliphatic carbocycles. The van der Waals surface area contributed by atoms with Gasteiger partial charge in [-0.2, -0.15) is 0 Å². The molecule has 0 amide bonds. The van der Waals surface area contributed by atoms with Gasteiger partial charge in [0.25, 0.3) is 0 Å². The lowest BCUT2D eigenvalue weighted by Gasteiger charge is -2.33. The number of nitrogens with zero attached hydrogens (tertiary/aromatic N) is 3. The second-order valence-electron chi connectivity index (χ2n) is 6.30. The number of guanidine groups is 1. The van der Waals surface area contributed by atoms with Crippen molar-refractivity contribution in [3.63, 3.8) is 0 Å². The number of aryl methyl sites for hydroxylation is 1. The van der Waals surface area contributed by atoms with E-state index < -0.39 is 5.60 Å². The first-order chi connectivity index (χ1) is 10.4. The number of halogens is 1. The molecule has 2 N–H and O–H groups in total. The van der Waals surface area contributed by atoms with Gasteiger partial charge in [0.15, 0.2) is 5.96 Å². The van der Waals surface area contributed by atoms with E-state index in [0.29, 0.717) is 6.54 Å². The van der Waals surface area contributed by atoms with E-state index in [2.05, 4.69) is 41.8 Å². The molecule has 0 aliphatic heterocycles. The molecule has 1 aromatic heterocycles. The Hall–Kier alpha value is -1.01. The fraction of sp³-hybridized carbons (Fsp3) is 0.688. The van der Waals surface area contributed by atoms with E-state index >= 15 is 0 Å². The average molecular weight is 371 g/mol. The maximum Gasteiger partial charge on any atom is 0.193 e. The molecule has 6 heteroatoms. The molecule has 5 nitrogen and oxygen atoms in total. The molecule has 22 heavy (non-hydrogen) atoms. The van der Waals surface area contributed by atoms with Crippen molar-refractivity contribution in [2.75, 3.05) is 20.6 Å². The van der Waals surface area contributed by atoms with Crippen molar-refractivity contribution < 1.29 is 5.11 Å². The minimum absolute atomic E-state index is 0.570. The Bertz CT molecular complexity index is 520. The monoisotopic (exact) mass is 370 g/mol. The number of nitrogens with one attached hydrogen (secondary N) is 1. The van der Waals surface area contributed by atoms with Crippen molar-refractivity contribution in [1.29, 1.82) is 0 Å². The lowest BCUT2D eigenvalue weighted by atomic mass is 9.85. The van der Waals surface area contributed by atoms with Crippen LogP contribution in [0.1, 0.15) is 37.8 Å². The average Bonchev–Trinajstić information content (AvgIpc) is 2.78. The molecule has 0 atom stereocenters. The summed E-state index contributed by atoms with van der Waals surface area (Å²) in [7, 11) is 5.83. The van der Waals surface area contributed by atoms with E-state index in [0.717, 1.165) is 42.7 Å². The molecule has 0 aromatic carbocycles. The molecule has 1 fully saturated rings. The van der Waals surface area contributed by atoms with Crippen molar-refractivity contribution in [2.45, 2.75) is 44.2 Å². The molecule has 0 spiro atoms. The van der Waals surface area contributed by atoms with Crippen molar-refractivity contribution in [1.82, 2.24) is 14.8 Å². The smallest absolute Gasteiger partial charge is 0.193 e. The Balaban J connectivity index is 1.92. The van der Waals surface area contributed by atoms with Crippen molar-refractivity contribution in [3.8, 4) is 0 Å². The number of hydrogen-bond donors (Lipinski definition) is 2. The van der Waals surface area contributed by atoms with E-state index in [1.807, 2.05) is 20.3 Å². The number of aliphatic imine (C=N–C) groups is 1. The molecule has 0 bridgehead atoms. The van der Waals surface area contributed by atoms with Crippen LogP contribution in [0.15, 0.2) is 21.7 Å². The maximum atomic E-state index is 10.6. The summed E-state index contributed by atoms with van der Waals surface area (Å²) in [5.41, 5.74) is 0.622. The maximum absolute atomic E-state index is 10.6. The second kappa shape index (κ2) is 7.51. The van der Waals surface area contributed by atoms with Crippen molar-refractivity contribution >= 4 is 21.9 Å². The van der Waals surface area contributed by atoms with Crippen LogP contribution in [0.3, 0.4) is 0 Å². The third-order valence-corrected chi connectivity index (χ3v) is 4.84. The molecule has 1 heterocycles. The van der Waals surface area contributed by atoms with Crippen LogP contribution >= 0.6 is 15.9 Å². The van der Waals surface area contributed by atoms with Gasteiger partial charge in [0.05, 0.1) is 12.1 Å². The first-order valence-corrected chi connectivity index (χ1v) is 8.68. The van der Waals surface area contributed by atoms with Crippen LogP contribution in [0.4, 0.5) is 0 Å². The van der Waals surface area contributed by atoms with Gasteiger partial charge in [-0.3, -0.25) is 4.99 Å². The van der Waals surface area contributed by atoms with Crippen LogP contribution in [0.25, 0.3) is 0 Å². The molecule has 1 saturated carbocycles. The van der Waals surface area contributed by atoms with Crippen molar-refractivity contribution in [3.05, 3.63) is 22.4 Å². The quantitative estimate of drug-likeness (QED) is 0.632. The SMILES string of the molecule is CN=C(NCC1(O)CCCCC1)N(C)Cc1cc(Br)cn1C. The van der Waals surface area contributed by atoms with Gasteiger partial charge in [-0.25, -0.2) is 0 Å². The Morgan fingerprint density at radius 2 is 2.14 bits per heavy atom. The van der Waals surface area contributed by atoms with Gasteiger partial charge in [-0.1, -0.05) is 19.3 Å². The van der Waals surface area contributed by atoms with E-state index in [4.69, 9.17) is 0 Å². The third kappa shape index (κ3) is 4.49. The standard InChI is InChI=1S/C16H27BrN4O/c1-18-15(19-12-16(22)7-5-4-6-8-16)21(3)11-14-9-13(17)10-20(14)2/h9-10,22H,4-8,11-12H2,1-3H3,(H,18,19). The van der Waals surface area contributed by atoms with Gasteiger partial charge in [-0.05, 0) is 34.8 Å². The molecular weight excluding hydrogens is 344 g/mol. The van der Waals surface area contributed by atoms with E-state index in [1.165, 1.54) is 12.1 Å². The van der Waals surface area contributed by atoms with Crippen LogP contribution in [-0.4, -0.2) is 46.8 Å². The summed E-state index contributed by atoms with van der Waals surface area (Å²) in [5, 5.41) is 13.9. The second-order valence-corrected chi connectivity index (χ2v) is 7.22. The van der Waals surface area contributed by atoms with Gasteiger partial charge in [-0.15, -0.1) is 0 Å². The summed E-state index contributed by atoms with van der Waals surface area (Å²) in [5.74, 6) is 0.816. The molecular formula is C16H27BrN4O. The number of aromatic nitrogens is 1. The normalized spacial score (nSPS) is 18.3. The highest BCUT2D eigenvalue weighted by molar-refractivity contribution is 9.10. The number of rotatable bonds is 4. The lowest BCUT2D eigenvalue weighted by molar-refractivity contribution is 0.00819. The van der Waals surface area contributed by atoms with Crippen LogP contribution in [0, 0.1) is 0 Å². The van der Waals surface area contributed by atoms with Gasteiger partial charge in [0.2, 0.25) is 0 Å². The largest absolute Gasteiger partial charge is 0.388 e. The number of hydrogen-bond acceptors (Lipinski definition) is 2. The molecule has 0 unspecified atom stereocenters. The highest BCUT2D eigenvalue weighted by atomic mass is 79.9. The summed E-state index contributed by atoms with van der Waals surface area (Å²) < 4.78 is 3.18. The minimum Gasteiger partial charge on any atom is -0.388 e. The fourth-order valence-electron chi connectivity index (χ4n) is 3.06. The molecule has 124 valence electrons. The van der Waals surface area contributed by atoms with Crippen LogP contribution in [0.5, 0.6) is 0 Å². The van der Waals surface area contributed by atoms with Crippen LogP contribution in [-0.2, 0) is 13.6 Å². The first kappa shape index (κ1) is 17.3. The molecule has 0 saturated heterocycles. The predicted octanol–water partition coefficient (Wildman–Crippen LogP) is 2.49. The van der Waals surface area contributed by atoms with Gasteiger partial charge < -0.3 is 19.9 Å². The summed E-state index contributed by atoms with van der Waals surface area (Å²) in [6.45, 7) is 1.33. The van der Waals surface area contributed by atoms with Crippen LogP contribution < -0.4 is 5.32 Å². The Morgan fingerprint density at radius 3 is 2.68 bits per heavy atom. The summed E-state index contributed by atoms with van der Waals surface area (Å²) >= 11 is 3.50. The van der Waals surface area contributed by atoms with E-state index in [9.17, 15) is 5.11 Å². The van der Waals surface area contributed by atoms with E-state index in [1.54, 1.807) is 7.05 Å². The summed E-state index contributed by atoms with van der Waals surface area (Å²) in [4.78, 5) is 6.41. The van der Waals surface area contributed by atoms with Gasteiger partial charge in [0, 0.05) is 44.1 Å². The highest BCUT2D eigenvalue weighted by Gasteiger charge is 2.29. The molecule has 1 aliphatic rings. The van der Waals surface area contributed by atoms with Gasteiger partial charge >= 0.3 is 0 Å². The topological polar surface area (TPSA) is 52.8 Å².